The van der Waals surface area contributed by atoms with E-state index in [9.17, 15) is 4.79 Å². The first-order chi connectivity index (χ1) is 12.3. The molecule has 1 aliphatic heterocycles. The minimum Gasteiger partial charge on any atom is -0.457 e. The molecule has 0 radical (unpaired) electrons. The number of amides is 1. The third-order valence-electron chi connectivity index (χ3n) is 4.99. The Hall–Kier alpha value is -2.33. The smallest absolute Gasteiger partial charge is 0.246 e. The fraction of sp³-hybridized carbons (Fsp3) is 0.381. The van der Waals surface area contributed by atoms with E-state index >= 15 is 0 Å². The first-order valence-electron chi connectivity index (χ1n) is 9.08. The predicted octanol–water partition coefficient (Wildman–Crippen LogP) is 4.35. The van der Waals surface area contributed by atoms with Crippen LogP contribution in [0.4, 0.5) is 0 Å². The van der Waals surface area contributed by atoms with Crippen molar-refractivity contribution in [2.45, 2.75) is 44.2 Å². The normalized spacial score (nSPS) is 17.3. The number of rotatable bonds is 4. The summed E-state index contributed by atoms with van der Waals surface area (Å²) in [5, 5.41) is 3.13. The Balaban J connectivity index is 1.48. The van der Waals surface area contributed by atoms with Crippen molar-refractivity contribution in [1.29, 1.82) is 0 Å². The topological polar surface area (TPSA) is 47.6 Å². The van der Waals surface area contributed by atoms with Crippen LogP contribution in [-0.2, 0) is 9.53 Å². The van der Waals surface area contributed by atoms with Crippen LogP contribution in [0.3, 0.4) is 0 Å². The van der Waals surface area contributed by atoms with E-state index in [0.29, 0.717) is 0 Å². The molecule has 4 nitrogen and oxygen atoms in total. The quantitative estimate of drug-likeness (QED) is 0.902. The molecule has 2 aromatic rings. The summed E-state index contributed by atoms with van der Waals surface area (Å²) in [5.41, 5.74) is 1.96. The maximum absolute atomic E-state index is 12.5. The lowest BCUT2D eigenvalue weighted by atomic mass is 9.94. The number of hydrogen-bond donors (Lipinski definition) is 1. The summed E-state index contributed by atoms with van der Waals surface area (Å²) in [5.74, 6) is 1.50. The average molecular weight is 337 g/mol. The van der Waals surface area contributed by atoms with E-state index in [1.807, 2.05) is 48.5 Å². The maximum Gasteiger partial charge on any atom is 0.246 e. The summed E-state index contributed by atoms with van der Waals surface area (Å²) in [6, 6.07) is 15.5. The molecule has 1 saturated carbocycles. The molecular formula is C21H23NO3. The number of ether oxygens (including phenoxy) is 2. The van der Waals surface area contributed by atoms with Crippen molar-refractivity contribution in [3.63, 3.8) is 0 Å². The molecule has 1 amide bonds. The van der Waals surface area contributed by atoms with Gasteiger partial charge in [-0.25, -0.2) is 0 Å². The van der Waals surface area contributed by atoms with Gasteiger partial charge >= 0.3 is 0 Å². The summed E-state index contributed by atoms with van der Waals surface area (Å²) in [6.45, 7) is 0.117. The van der Waals surface area contributed by atoms with E-state index in [1.54, 1.807) is 0 Å². The van der Waals surface area contributed by atoms with Gasteiger partial charge in [0.05, 0.1) is 12.1 Å². The summed E-state index contributed by atoms with van der Waals surface area (Å²) >= 11 is 0. The molecule has 0 saturated heterocycles. The van der Waals surface area contributed by atoms with Crippen LogP contribution in [0.2, 0.25) is 0 Å². The van der Waals surface area contributed by atoms with Crippen molar-refractivity contribution in [2.75, 3.05) is 6.61 Å². The Labute approximate surface area is 148 Å². The molecule has 1 fully saturated rings. The lowest BCUT2D eigenvalue weighted by Gasteiger charge is -2.29. The monoisotopic (exact) mass is 337 g/mol. The molecule has 0 bridgehead atoms. The molecule has 2 aromatic carbocycles. The highest BCUT2D eigenvalue weighted by molar-refractivity contribution is 5.79. The predicted molar refractivity (Wildman–Crippen MR) is 95.8 cm³/mol. The van der Waals surface area contributed by atoms with Crippen LogP contribution in [-0.4, -0.2) is 18.6 Å². The van der Waals surface area contributed by atoms with Crippen molar-refractivity contribution in [1.82, 2.24) is 5.32 Å². The van der Waals surface area contributed by atoms with Gasteiger partial charge in [-0.15, -0.1) is 0 Å². The van der Waals surface area contributed by atoms with Crippen molar-refractivity contribution in [3.05, 3.63) is 59.7 Å². The molecule has 2 aliphatic rings. The van der Waals surface area contributed by atoms with Gasteiger partial charge in [0.1, 0.15) is 18.1 Å². The molecule has 0 aromatic heterocycles. The first-order valence-corrected chi connectivity index (χ1v) is 9.08. The minimum absolute atomic E-state index is 0.0814. The highest BCUT2D eigenvalue weighted by atomic mass is 16.5. The van der Waals surface area contributed by atoms with E-state index in [4.69, 9.17) is 9.47 Å². The van der Waals surface area contributed by atoms with Gasteiger partial charge in [-0.05, 0) is 25.0 Å². The first kappa shape index (κ1) is 16.2. The number of fused-ring (bicyclic) bond motifs is 2. The molecular weight excluding hydrogens is 314 g/mol. The third kappa shape index (κ3) is 3.54. The second-order valence-electron chi connectivity index (χ2n) is 6.75. The number of hydrogen-bond acceptors (Lipinski definition) is 3. The zero-order valence-electron chi connectivity index (χ0n) is 14.2. The van der Waals surface area contributed by atoms with Crippen molar-refractivity contribution >= 4 is 5.91 Å². The SMILES string of the molecule is O=C(COC1CCCCC1)NC1c2ccccc2Oc2ccccc21. The van der Waals surface area contributed by atoms with Crippen LogP contribution in [0.5, 0.6) is 11.5 Å². The molecule has 4 heteroatoms. The Morgan fingerprint density at radius 3 is 2.20 bits per heavy atom. The summed E-state index contributed by atoms with van der Waals surface area (Å²) < 4.78 is 11.8. The van der Waals surface area contributed by atoms with Gasteiger partial charge < -0.3 is 14.8 Å². The average Bonchev–Trinajstić information content (AvgIpc) is 2.67. The Kier molecular flexibility index (Phi) is 4.70. The highest BCUT2D eigenvalue weighted by Crippen LogP contribution is 2.42. The van der Waals surface area contributed by atoms with E-state index in [2.05, 4.69) is 5.32 Å². The van der Waals surface area contributed by atoms with Crippen molar-refractivity contribution < 1.29 is 14.3 Å². The number of nitrogens with one attached hydrogen (secondary N) is 1. The summed E-state index contributed by atoms with van der Waals surface area (Å²) in [4.78, 5) is 12.5. The molecule has 0 spiro atoms. The van der Waals surface area contributed by atoms with E-state index in [1.165, 1.54) is 19.3 Å². The molecule has 0 unspecified atom stereocenters. The fourth-order valence-corrected chi connectivity index (χ4v) is 3.69. The van der Waals surface area contributed by atoms with Gasteiger partial charge in [0.25, 0.3) is 0 Å². The van der Waals surface area contributed by atoms with Crippen molar-refractivity contribution in [3.8, 4) is 11.5 Å². The van der Waals surface area contributed by atoms with Gasteiger partial charge in [0.15, 0.2) is 0 Å². The van der Waals surface area contributed by atoms with Gasteiger partial charge in [-0.3, -0.25) is 4.79 Å². The lowest BCUT2D eigenvalue weighted by molar-refractivity contribution is -0.128. The van der Waals surface area contributed by atoms with Crippen LogP contribution in [0.25, 0.3) is 0 Å². The Morgan fingerprint density at radius 1 is 0.960 bits per heavy atom. The molecule has 1 aliphatic carbocycles. The lowest BCUT2D eigenvalue weighted by Crippen LogP contribution is -2.35. The van der Waals surface area contributed by atoms with Crippen molar-refractivity contribution in [2.24, 2.45) is 0 Å². The Bertz CT molecular complexity index is 707. The van der Waals surface area contributed by atoms with Crippen LogP contribution in [0, 0.1) is 0 Å². The molecule has 1 N–H and O–H groups in total. The fourth-order valence-electron chi connectivity index (χ4n) is 3.69. The van der Waals surface area contributed by atoms with Crippen LogP contribution < -0.4 is 10.1 Å². The minimum atomic E-state index is -0.205. The standard InChI is InChI=1S/C21H23NO3/c23-20(14-24-15-8-2-1-3-9-15)22-21-16-10-4-6-12-18(16)25-19-13-7-5-11-17(19)21/h4-7,10-13,15,21H,1-3,8-9,14H2,(H,22,23). The second-order valence-corrected chi connectivity index (χ2v) is 6.75. The molecule has 130 valence electrons. The molecule has 4 rings (SSSR count). The third-order valence-corrected chi connectivity index (χ3v) is 4.99. The zero-order valence-corrected chi connectivity index (χ0v) is 14.2. The molecule has 25 heavy (non-hydrogen) atoms. The number of benzene rings is 2. The van der Waals surface area contributed by atoms with Crippen LogP contribution in [0.1, 0.15) is 49.3 Å². The highest BCUT2D eigenvalue weighted by Gasteiger charge is 2.28. The van der Waals surface area contributed by atoms with E-state index < -0.39 is 0 Å². The van der Waals surface area contributed by atoms with Gasteiger partial charge in [-0.1, -0.05) is 55.7 Å². The van der Waals surface area contributed by atoms with E-state index in [-0.39, 0.29) is 24.7 Å². The van der Waals surface area contributed by atoms with Gasteiger partial charge in [0.2, 0.25) is 5.91 Å². The summed E-state index contributed by atoms with van der Waals surface area (Å²) in [7, 11) is 0. The maximum atomic E-state index is 12.5. The molecule has 0 atom stereocenters. The van der Waals surface area contributed by atoms with Gasteiger partial charge in [-0.2, -0.15) is 0 Å². The van der Waals surface area contributed by atoms with Crippen LogP contribution >= 0.6 is 0 Å². The second kappa shape index (κ2) is 7.28. The number of carbonyl (C=O) groups excluding carboxylic acids is 1. The van der Waals surface area contributed by atoms with Gasteiger partial charge in [0, 0.05) is 11.1 Å². The summed E-state index contributed by atoms with van der Waals surface area (Å²) in [6.07, 6.45) is 6.04. The van der Waals surface area contributed by atoms with E-state index in [0.717, 1.165) is 35.5 Å². The Morgan fingerprint density at radius 2 is 1.56 bits per heavy atom. The largest absolute Gasteiger partial charge is 0.457 e. The number of para-hydroxylation sites is 2. The molecule has 1 heterocycles. The zero-order chi connectivity index (χ0) is 17.1. The van der Waals surface area contributed by atoms with Crippen LogP contribution in [0.15, 0.2) is 48.5 Å². The number of carbonyl (C=O) groups is 1.